The van der Waals surface area contributed by atoms with Crippen molar-refractivity contribution in [3.8, 4) is 11.5 Å². The molecule has 0 bridgehead atoms. The molecule has 0 aliphatic heterocycles. The zero-order valence-electron chi connectivity index (χ0n) is 18.5. The molecule has 9 heteroatoms. The molecule has 0 atom stereocenters. The molecule has 0 radical (unpaired) electrons. The number of unbranched alkanes of at least 4 members (excludes halogenated alkanes) is 2. The van der Waals surface area contributed by atoms with E-state index in [0.29, 0.717) is 17.4 Å². The molecular formula is C23H32ClN3O5+2. The van der Waals surface area contributed by atoms with Gasteiger partial charge in [0.05, 0.1) is 18.2 Å². The number of aromatic nitrogens is 3. The van der Waals surface area contributed by atoms with Gasteiger partial charge in [0.15, 0.2) is 0 Å². The van der Waals surface area contributed by atoms with Crippen molar-refractivity contribution < 1.29 is 29.3 Å². The molecular weight excluding hydrogens is 434 g/mol. The first-order valence-electron chi connectivity index (χ1n) is 10.5. The van der Waals surface area contributed by atoms with Crippen LogP contribution < -0.4 is 24.5 Å². The van der Waals surface area contributed by atoms with Gasteiger partial charge in [-0.15, -0.1) is 0 Å². The summed E-state index contributed by atoms with van der Waals surface area (Å²) in [6, 6.07) is 9.86. The van der Waals surface area contributed by atoms with E-state index in [1.807, 2.05) is 0 Å². The maximum atomic E-state index is 10.8. The Kier molecular flexibility index (Phi) is 13.8. The van der Waals surface area contributed by atoms with E-state index in [-0.39, 0.29) is 5.56 Å². The molecule has 0 amide bonds. The smallest absolute Gasteiger partial charge is 0.251 e. The van der Waals surface area contributed by atoms with Gasteiger partial charge < -0.3 is 14.5 Å². The van der Waals surface area contributed by atoms with Crippen molar-refractivity contribution in [2.75, 3.05) is 13.2 Å². The van der Waals surface area contributed by atoms with Gasteiger partial charge in [0, 0.05) is 46.0 Å². The highest BCUT2D eigenvalue weighted by Gasteiger charge is 1.97. The molecule has 3 aromatic heterocycles. The summed E-state index contributed by atoms with van der Waals surface area (Å²) in [5, 5.41) is 18.1. The molecule has 32 heavy (non-hydrogen) atoms. The third-order valence-corrected chi connectivity index (χ3v) is 4.09. The number of ether oxygens (including phenoxy) is 2. The summed E-state index contributed by atoms with van der Waals surface area (Å²) in [6.07, 6.45) is 11.9. The van der Waals surface area contributed by atoms with Gasteiger partial charge in [-0.1, -0.05) is 38.3 Å². The lowest BCUT2D eigenvalue weighted by atomic mass is 10.3. The Hall–Kier alpha value is -3.26. The van der Waals surface area contributed by atoms with Crippen molar-refractivity contribution in [2.45, 2.75) is 39.5 Å². The summed E-state index contributed by atoms with van der Waals surface area (Å²) >= 11 is 5.49. The highest BCUT2D eigenvalue weighted by molar-refractivity contribution is 6.30. The first kappa shape index (κ1) is 26.8. The number of nitrogens with zero attached hydrogens (tertiary/aromatic N) is 2. The Morgan fingerprint density at radius 1 is 0.844 bits per heavy atom. The predicted octanol–water partition coefficient (Wildman–Crippen LogP) is 3.81. The van der Waals surface area contributed by atoms with E-state index in [1.165, 1.54) is 18.5 Å². The number of nitrogens with one attached hydrogen (secondary N) is 1. The number of halogens is 1. The van der Waals surface area contributed by atoms with Crippen molar-refractivity contribution >= 4 is 11.6 Å². The number of pyridine rings is 3. The van der Waals surface area contributed by atoms with E-state index < -0.39 is 0 Å². The van der Waals surface area contributed by atoms with E-state index in [2.05, 4.69) is 18.8 Å². The van der Waals surface area contributed by atoms with E-state index >= 15 is 0 Å². The van der Waals surface area contributed by atoms with Crippen LogP contribution in [0.25, 0.3) is 0 Å². The fourth-order valence-corrected chi connectivity index (χ4v) is 2.20. The van der Waals surface area contributed by atoms with Gasteiger partial charge in [-0.05, 0) is 18.9 Å². The van der Waals surface area contributed by atoms with Crippen LogP contribution in [0.3, 0.4) is 0 Å². The maximum absolute atomic E-state index is 10.8. The number of hydrogen-bond donors (Lipinski definition) is 3. The molecule has 0 unspecified atom stereocenters. The second-order valence-corrected chi connectivity index (χ2v) is 7.04. The normalized spacial score (nSPS) is 9.59. The molecule has 174 valence electrons. The molecule has 0 spiro atoms. The second-order valence-electron chi connectivity index (χ2n) is 6.60. The van der Waals surface area contributed by atoms with Crippen LogP contribution in [-0.2, 0) is 0 Å². The fraction of sp³-hybridized carbons (Fsp3) is 0.348. The van der Waals surface area contributed by atoms with E-state index in [1.54, 1.807) is 48.9 Å². The number of aromatic amines is 1. The average molecular weight is 466 g/mol. The zero-order valence-corrected chi connectivity index (χ0v) is 19.2. The van der Waals surface area contributed by atoms with Crippen molar-refractivity contribution in [1.29, 1.82) is 0 Å². The van der Waals surface area contributed by atoms with Crippen LogP contribution in [0.1, 0.15) is 39.5 Å². The Morgan fingerprint density at radius 3 is 1.81 bits per heavy atom. The van der Waals surface area contributed by atoms with Crippen LogP contribution in [0, 0.1) is 0 Å². The number of hydrogen-bond acceptors (Lipinski definition) is 5. The molecule has 0 fully saturated rings. The van der Waals surface area contributed by atoms with Crippen LogP contribution in [0.4, 0.5) is 0 Å². The molecule has 3 rings (SSSR count). The van der Waals surface area contributed by atoms with Gasteiger partial charge >= 0.3 is 0 Å². The highest BCUT2D eigenvalue weighted by atomic mass is 35.5. The van der Waals surface area contributed by atoms with Crippen LogP contribution in [0.5, 0.6) is 11.5 Å². The van der Waals surface area contributed by atoms with E-state index in [4.69, 9.17) is 31.5 Å². The highest BCUT2D eigenvalue weighted by Crippen LogP contribution is 2.06. The monoisotopic (exact) mass is 465 g/mol. The van der Waals surface area contributed by atoms with Gasteiger partial charge in [-0.25, -0.2) is 0 Å². The lowest BCUT2D eigenvalue weighted by molar-refractivity contribution is -0.904. The number of H-pyrrole nitrogens is 1. The first-order valence-corrected chi connectivity index (χ1v) is 10.8. The maximum Gasteiger partial charge on any atom is 0.251 e. The predicted molar refractivity (Wildman–Crippen MR) is 121 cm³/mol. The molecule has 0 aliphatic rings. The Labute approximate surface area is 193 Å². The van der Waals surface area contributed by atoms with Gasteiger partial charge in [-0.2, -0.15) is 0 Å². The lowest BCUT2D eigenvalue weighted by Crippen LogP contribution is -2.27. The second kappa shape index (κ2) is 16.4. The molecule has 0 saturated heterocycles. The Morgan fingerprint density at radius 2 is 1.34 bits per heavy atom. The molecule has 8 nitrogen and oxygen atoms in total. The third-order valence-electron chi connectivity index (χ3n) is 3.84. The van der Waals surface area contributed by atoms with Gasteiger partial charge in [0.2, 0.25) is 24.8 Å². The van der Waals surface area contributed by atoms with Crippen molar-refractivity contribution in [3.63, 3.8) is 0 Å². The average Bonchev–Trinajstić information content (AvgIpc) is 2.79. The summed E-state index contributed by atoms with van der Waals surface area (Å²) in [5.41, 5.74) is -0.121. The minimum Gasteiger partial charge on any atom is -0.493 e. The van der Waals surface area contributed by atoms with Gasteiger partial charge in [0.1, 0.15) is 11.5 Å². The molecule has 0 aromatic carbocycles. The number of rotatable bonds is 8. The lowest BCUT2D eigenvalue weighted by Gasteiger charge is -2.02. The van der Waals surface area contributed by atoms with Crippen LogP contribution in [-0.4, -0.2) is 28.6 Å². The first-order chi connectivity index (χ1) is 15.4. The summed E-state index contributed by atoms with van der Waals surface area (Å²) in [7, 11) is 0. The molecule has 3 heterocycles. The standard InChI is InChI=1S/C9H14NO2.C9H13NO2.C5H5ClNO/c1-2-3-8-12-9-4-6-10(11)7-5-9;1-2-3-6-12-8-4-5-10-9(11)7-8;6-5-1-3-7(8)4-2-5/h4-7,11H,2-3,8H2,1H3;4-5,7H,2-3,6H2,1H3,(H,10,11);1-4,8H/q+1;;+1. The zero-order chi connectivity index (χ0) is 23.6. The van der Waals surface area contributed by atoms with Crippen LogP contribution in [0.15, 0.2) is 72.2 Å². The Balaban J connectivity index is 0.000000245. The summed E-state index contributed by atoms with van der Waals surface area (Å²) in [5.74, 6) is 1.45. The SMILES string of the molecule is CCCCOc1cc[n+](O)cc1.CCCCOc1cc[nH]c(=O)c1.O[n+]1ccc(Cl)cc1. The van der Waals surface area contributed by atoms with Gasteiger partial charge in [-0.3, -0.25) is 15.2 Å². The van der Waals surface area contributed by atoms with E-state index in [9.17, 15) is 4.79 Å². The summed E-state index contributed by atoms with van der Waals surface area (Å²) in [6.45, 7) is 5.64. The largest absolute Gasteiger partial charge is 0.493 e. The summed E-state index contributed by atoms with van der Waals surface area (Å²) < 4.78 is 12.6. The van der Waals surface area contributed by atoms with Gasteiger partial charge in [0.25, 0.3) is 5.56 Å². The fourth-order valence-electron chi connectivity index (χ4n) is 2.08. The molecule has 3 N–H and O–H groups in total. The Bertz CT molecular complexity index is 897. The third kappa shape index (κ3) is 13.1. The van der Waals surface area contributed by atoms with Crippen molar-refractivity contribution in [2.24, 2.45) is 0 Å². The molecule has 0 saturated carbocycles. The van der Waals surface area contributed by atoms with Crippen molar-refractivity contribution in [1.82, 2.24) is 4.98 Å². The quantitative estimate of drug-likeness (QED) is 0.267. The minimum absolute atomic E-state index is 0.121. The van der Waals surface area contributed by atoms with E-state index in [0.717, 1.165) is 47.5 Å². The minimum atomic E-state index is -0.121. The summed E-state index contributed by atoms with van der Waals surface area (Å²) in [4.78, 5) is 13.3. The van der Waals surface area contributed by atoms with Crippen molar-refractivity contribution in [3.05, 3.63) is 82.8 Å². The van der Waals surface area contributed by atoms with Crippen LogP contribution in [0.2, 0.25) is 5.02 Å². The molecule has 0 aliphatic carbocycles. The molecule has 3 aromatic rings. The topological polar surface area (TPSA) is 99.5 Å². The van der Waals surface area contributed by atoms with Crippen LogP contribution >= 0.6 is 11.6 Å².